The number of nitrogens with two attached hydrogens (primary N) is 1. The Balaban J connectivity index is 1.31. The third-order valence-electron chi connectivity index (χ3n) is 8.46. The van der Waals surface area contributed by atoms with Gasteiger partial charge in [0.05, 0.1) is 35.4 Å². The Morgan fingerprint density at radius 3 is 2.41 bits per heavy atom. The minimum Gasteiger partial charge on any atom is -0.495 e. The Kier molecular flexibility index (Phi) is 9.65. The normalized spacial score (nSPS) is 17.8. The molecule has 2 saturated heterocycles. The first-order chi connectivity index (χ1) is 20.9. The van der Waals surface area contributed by atoms with Gasteiger partial charge in [0, 0.05) is 42.3 Å². The van der Waals surface area contributed by atoms with Crippen LogP contribution in [0.25, 0.3) is 10.9 Å². The lowest BCUT2D eigenvalue weighted by atomic mass is 9.97. The van der Waals surface area contributed by atoms with Crippen molar-refractivity contribution in [2.45, 2.75) is 55.4 Å². The molecule has 0 atom stereocenters. The molecule has 2 aliphatic heterocycles. The van der Waals surface area contributed by atoms with Crippen molar-refractivity contribution in [3.8, 4) is 17.6 Å². The summed E-state index contributed by atoms with van der Waals surface area (Å²) in [6.45, 7) is 3.20. The maximum atomic E-state index is 13.7. The molecule has 44 heavy (non-hydrogen) atoms. The van der Waals surface area contributed by atoms with Gasteiger partial charge in [0.15, 0.2) is 0 Å². The number of anilines is 2. The number of halogens is 3. The number of hydrogen-bond donors (Lipinski definition) is 3. The SMILES string of the molecule is COc1cc(S(N)(=O)=O)ccc1NCC#Cc1cc2c(NC3CCN(C4CCN(C)CC4)CC3)cccc2n1CC(F)(F)F. The number of primary sulfonamides is 1. The van der Waals surface area contributed by atoms with E-state index in [4.69, 9.17) is 9.88 Å². The molecule has 13 heteroatoms. The van der Waals surface area contributed by atoms with E-state index in [2.05, 4.69) is 39.3 Å². The molecule has 2 fully saturated rings. The second-order valence-corrected chi connectivity index (χ2v) is 13.1. The zero-order valence-electron chi connectivity index (χ0n) is 25.0. The fourth-order valence-corrected chi connectivity index (χ4v) is 6.65. The molecule has 3 heterocycles. The molecule has 0 spiro atoms. The third-order valence-corrected chi connectivity index (χ3v) is 9.37. The van der Waals surface area contributed by atoms with Gasteiger partial charge in [0.1, 0.15) is 12.3 Å². The van der Waals surface area contributed by atoms with E-state index in [0.717, 1.165) is 44.7 Å². The maximum Gasteiger partial charge on any atom is 0.406 e. The van der Waals surface area contributed by atoms with Gasteiger partial charge in [0.25, 0.3) is 0 Å². The number of rotatable bonds is 8. The van der Waals surface area contributed by atoms with Crippen LogP contribution in [0.1, 0.15) is 31.4 Å². The zero-order valence-corrected chi connectivity index (χ0v) is 25.8. The largest absolute Gasteiger partial charge is 0.495 e. The first-order valence-electron chi connectivity index (χ1n) is 14.7. The summed E-state index contributed by atoms with van der Waals surface area (Å²) in [6, 6.07) is 12.1. The molecule has 0 unspecified atom stereocenters. The van der Waals surface area contributed by atoms with Crippen LogP contribution in [0.15, 0.2) is 47.4 Å². The highest BCUT2D eigenvalue weighted by molar-refractivity contribution is 7.89. The molecule has 0 bridgehead atoms. The molecule has 4 N–H and O–H groups in total. The number of ether oxygens (including phenoxy) is 1. The van der Waals surface area contributed by atoms with Crippen molar-refractivity contribution < 1.29 is 26.3 Å². The molecule has 2 aliphatic rings. The van der Waals surface area contributed by atoms with Gasteiger partial charge in [-0.2, -0.15) is 13.2 Å². The van der Waals surface area contributed by atoms with E-state index in [-0.39, 0.29) is 28.9 Å². The van der Waals surface area contributed by atoms with Gasteiger partial charge in [-0.25, -0.2) is 13.6 Å². The number of aromatic nitrogens is 1. The molecule has 1 aromatic heterocycles. The predicted molar refractivity (Wildman–Crippen MR) is 166 cm³/mol. The average Bonchev–Trinajstić information content (AvgIpc) is 3.32. The van der Waals surface area contributed by atoms with Gasteiger partial charge < -0.3 is 29.7 Å². The highest BCUT2D eigenvalue weighted by Gasteiger charge is 2.31. The van der Waals surface area contributed by atoms with Crippen LogP contribution in [0.2, 0.25) is 0 Å². The van der Waals surface area contributed by atoms with Gasteiger partial charge in [0.2, 0.25) is 10.0 Å². The summed E-state index contributed by atoms with van der Waals surface area (Å²) in [7, 11) is -0.352. The first-order valence-corrected chi connectivity index (χ1v) is 16.3. The molecule has 3 aromatic rings. The van der Waals surface area contributed by atoms with Gasteiger partial charge in [-0.1, -0.05) is 12.0 Å². The van der Waals surface area contributed by atoms with Crippen LogP contribution in [-0.2, 0) is 16.6 Å². The number of nitrogens with one attached hydrogen (secondary N) is 2. The lowest BCUT2D eigenvalue weighted by molar-refractivity contribution is -0.140. The quantitative estimate of drug-likeness (QED) is 0.319. The number of nitrogens with zero attached hydrogens (tertiary/aromatic N) is 3. The summed E-state index contributed by atoms with van der Waals surface area (Å²) in [5.41, 5.74) is 2.00. The van der Waals surface area contributed by atoms with E-state index in [1.807, 2.05) is 6.07 Å². The molecule has 238 valence electrons. The molecule has 2 aromatic carbocycles. The van der Waals surface area contributed by atoms with Crippen LogP contribution in [0, 0.1) is 11.8 Å². The van der Waals surface area contributed by atoms with E-state index < -0.39 is 22.7 Å². The van der Waals surface area contributed by atoms with Crippen molar-refractivity contribution in [2.24, 2.45) is 5.14 Å². The number of hydrogen-bond acceptors (Lipinski definition) is 7. The smallest absolute Gasteiger partial charge is 0.406 e. The third kappa shape index (κ3) is 7.79. The summed E-state index contributed by atoms with van der Waals surface area (Å²) < 4.78 is 70.7. The lowest BCUT2D eigenvalue weighted by Crippen LogP contribution is -2.48. The van der Waals surface area contributed by atoms with Gasteiger partial charge in [-0.05, 0) is 82.1 Å². The number of piperidine rings is 2. The summed E-state index contributed by atoms with van der Waals surface area (Å²) in [6.07, 6.45) is -0.0853. The standard InChI is InChI=1S/C31H39F3N6O3S/c1-38-15-12-23(13-16-38)39-17-10-22(11-18-39)37-27-6-3-7-29-26(27)19-24(40(29)21-31(32,33)34)5-4-14-36-28-9-8-25(44(35,41)42)20-30(28)43-2/h3,6-9,19-20,22-23,36-37H,10-18,21H2,1-2H3,(H2,35,41,42). The predicted octanol–water partition coefficient (Wildman–Crippen LogP) is 4.29. The summed E-state index contributed by atoms with van der Waals surface area (Å²) in [4.78, 5) is 4.87. The fraction of sp³-hybridized carbons (Fsp3) is 0.484. The Morgan fingerprint density at radius 1 is 1.02 bits per heavy atom. The van der Waals surface area contributed by atoms with Crippen molar-refractivity contribution in [3.63, 3.8) is 0 Å². The molecular formula is C31H39F3N6O3S. The van der Waals surface area contributed by atoms with Crippen LogP contribution in [-0.4, -0.2) is 87.9 Å². The van der Waals surface area contributed by atoms with Gasteiger partial charge in [-0.15, -0.1) is 0 Å². The topological polar surface area (TPSA) is 105 Å². The van der Waals surface area contributed by atoms with E-state index in [0.29, 0.717) is 22.6 Å². The molecule has 0 amide bonds. The van der Waals surface area contributed by atoms with Crippen molar-refractivity contribution in [3.05, 3.63) is 48.2 Å². The van der Waals surface area contributed by atoms with Crippen LogP contribution in [0.5, 0.6) is 5.75 Å². The van der Waals surface area contributed by atoms with Crippen molar-refractivity contribution in [1.29, 1.82) is 0 Å². The number of methoxy groups -OCH3 is 1. The monoisotopic (exact) mass is 632 g/mol. The summed E-state index contributed by atoms with van der Waals surface area (Å²) in [5.74, 6) is 6.04. The molecule has 0 radical (unpaired) electrons. The number of sulfonamides is 1. The average molecular weight is 633 g/mol. The molecule has 0 aliphatic carbocycles. The van der Waals surface area contributed by atoms with Crippen molar-refractivity contribution in [2.75, 3.05) is 57.5 Å². The summed E-state index contributed by atoms with van der Waals surface area (Å²) in [5, 5.41) is 12.5. The minimum absolute atomic E-state index is 0.0829. The highest BCUT2D eigenvalue weighted by Crippen LogP contribution is 2.32. The Bertz CT molecular complexity index is 1630. The van der Waals surface area contributed by atoms with Crippen molar-refractivity contribution >= 4 is 32.3 Å². The van der Waals surface area contributed by atoms with E-state index in [1.165, 1.54) is 42.7 Å². The van der Waals surface area contributed by atoms with Crippen LogP contribution < -0.4 is 20.5 Å². The number of benzene rings is 2. The Hall–Kier alpha value is -3.44. The molecular weight excluding hydrogens is 593 g/mol. The molecule has 0 saturated carbocycles. The van der Waals surface area contributed by atoms with Crippen LogP contribution in [0.3, 0.4) is 0 Å². The van der Waals surface area contributed by atoms with Crippen molar-refractivity contribution in [1.82, 2.24) is 14.4 Å². The number of alkyl halides is 3. The highest BCUT2D eigenvalue weighted by atomic mass is 32.2. The van der Waals surface area contributed by atoms with Crippen LogP contribution in [0.4, 0.5) is 24.5 Å². The van der Waals surface area contributed by atoms with E-state index >= 15 is 0 Å². The van der Waals surface area contributed by atoms with E-state index in [1.54, 1.807) is 18.2 Å². The summed E-state index contributed by atoms with van der Waals surface area (Å²) >= 11 is 0. The minimum atomic E-state index is -4.43. The lowest BCUT2D eigenvalue weighted by Gasteiger charge is -2.41. The fourth-order valence-electron chi connectivity index (χ4n) is 6.12. The van der Waals surface area contributed by atoms with Crippen LogP contribution >= 0.6 is 0 Å². The number of fused-ring (bicyclic) bond motifs is 1. The zero-order chi connectivity index (χ0) is 31.5. The second kappa shape index (κ2) is 13.3. The molecule has 5 rings (SSSR count). The second-order valence-electron chi connectivity index (χ2n) is 11.5. The maximum absolute atomic E-state index is 13.7. The number of likely N-dealkylation sites (tertiary alicyclic amines) is 2. The van der Waals surface area contributed by atoms with Gasteiger partial charge in [-0.3, -0.25) is 0 Å². The Labute approximate surface area is 256 Å². The first kappa shape index (κ1) is 32.0. The molecule has 9 nitrogen and oxygen atoms in total. The van der Waals surface area contributed by atoms with E-state index in [9.17, 15) is 21.6 Å². The van der Waals surface area contributed by atoms with Gasteiger partial charge >= 0.3 is 6.18 Å². The Morgan fingerprint density at radius 2 is 1.75 bits per heavy atom.